The molecule has 2 N–H and O–H groups in total. The first kappa shape index (κ1) is 22.3. The van der Waals surface area contributed by atoms with E-state index < -0.39 is 0 Å². The van der Waals surface area contributed by atoms with E-state index in [2.05, 4.69) is 26.8 Å². The summed E-state index contributed by atoms with van der Waals surface area (Å²) >= 11 is 0. The van der Waals surface area contributed by atoms with Crippen molar-refractivity contribution in [2.45, 2.75) is 44.9 Å². The molecule has 1 aromatic carbocycles. The van der Waals surface area contributed by atoms with Crippen molar-refractivity contribution in [3.63, 3.8) is 0 Å². The highest BCUT2D eigenvalue weighted by atomic mass is 127. The molecule has 0 unspecified atom stereocenters. The van der Waals surface area contributed by atoms with Crippen molar-refractivity contribution in [2.75, 3.05) is 14.2 Å². The Morgan fingerprint density at radius 2 is 1.93 bits per heavy atom. The van der Waals surface area contributed by atoms with Gasteiger partial charge in [-0.25, -0.2) is 0 Å². The number of aromatic nitrogens is 2. The molecule has 0 spiro atoms. The summed E-state index contributed by atoms with van der Waals surface area (Å²) in [4.78, 5) is 4.28. The van der Waals surface area contributed by atoms with E-state index >= 15 is 0 Å². The molecule has 28 heavy (non-hydrogen) atoms. The Morgan fingerprint density at radius 1 is 1.18 bits per heavy atom. The number of nitrogens with zero attached hydrogens (tertiary/aromatic N) is 3. The monoisotopic (exact) mass is 499 g/mol. The molecule has 8 heteroatoms. The SMILES string of the molecule is CN=C(NCc1ccc(OC)c(OC2CCCC2)c1)NCc1ccnn1C.I. The molecule has 1 aromatic heterocycles. The van der Waals surface area contributed by atoms with Crippen molar-refractivity contribution in [2.24, 2.45) is 12.0 Å². The highest BCUT2D eigenvalue weighted by molar-refractivity contribution is 14.0. The fraction of sp³-hybridized carbons (Fsp3) is 0.500. The van der Waals surface area contributed by atoms with Crippen molar-refractivity contribution in [1.29, 1.82) is 0 Å². The number of aliphatic imine (C=N–C) groups is 1. The Kier molecular flexibility index (Phi) is 8.88. The summed E-state index contributed by atoms with van der Waals surface area (Å²) in [5.41, 5.74) is 2.21. The van der Waals surface area contributed by atoms with E-state index in [1.807, 2.05) is 29.9 Å². The molecule has 1 saturated carbocycles. The number of halogens is 1. The molecule has 1 aliphatic carbocycles. The van der Waals surface area contributed by atoms with E-state index in [-0.39, 0.29) is 24.0 Å². The average molecular weight is 499 g/mol. The fourth-order valence-electron chi connectivity index (χ4n) is 3.26. The minimum absolute atomic E-state index is 0. The predicted molar refractivity (Wildman–Crippen MR) is 122 cm³/mol. The summed E-state index contributed by atoms with van der Waals surface area (Å²) in [5, 5.41) is 10.8. The molecule has 3 rings (SSSR count). The van der Waals surface area contributed by atoms with Crippen LogP contribution in [0.1, 0.15) is 36.9 Å². The van der Waals surface area contributed by atoms with E-state index in [0.717, 1.165) is 41.6 Å². The number of methoxy groups -OCH3 is 1. The van der Waals surface area contributed by atoms with Crippen LogP contribution in [0, 0.1) is 0 Å². The van der Waals surface area contributed by atoms with Crippen LogP contribution in [0.3, 0.4) is 0 Å². The highest BCUT2D eigenvalue weighted by Gasteiger charge is 2.18. The Balaban J connectivity index is 0.00000280. The number of rotatable bonds is 7. The second-order valence-corrected chi connectivity index (χ2v) is 6.74. The molecule has 0 saturated heterocycles. The maximum absolute atomic E-state index is 6.17. The minimum Gasteiger partial charge on any atom is -0.493 e. The van der Waals surface area contributed by atoms with Gasteiger partial charge in [-0.05, 0) is 49.4 Å². The summed E-state index contributed by atoms with van der Waals surface area (Å²) in [6.07, 6.45) is 6.82. The van der Waals surface area contributed by atoms with Crippen LogP contribution in [-0.2, 0) is 20.1 Å². The van der Waals surface area contributed by atoms with Crippen LogP contribution in [-0.4, -0.2) is 36.0 Å². The van der Waals surface area contributed by atoms with Crippen molar-refractivity contribution < 1.29 is 9.47 Å². The zero-order valence-corrected chi connectivity index (χ0v) is 19.1. The standard InChI is InChI=1S/C20H29N5O2.HI/c1-21-20(23-14-16-10-11-24-25(16)2)22-13-15-8-9-18(26-3)19(12-15)27-17-6-4-5-7-17;/h8-12,17H,4-7,13-14H2,1-3H3,(H2,21,22,23);1H. The van der Waals surface area contributed by atoms with Gasteiger partial charge in [-0.2, -0.15) is 5.10 Å². The Bertz CT molecular complexity index is 772. The molecule has 1 heterocycles. The van der Waals surface area contributed by atoms with Gasteiger partial charge in [0.1, 0.15) is 0 Å². The smallest absolute Gasteiger partial charge is 0.191 e. The van der Waals surface area contributed by atoms with Crippen LogP contribution in [0.15, 0.2) is 35.5 Å². The molecular weight excluding hydrogens is 469 g/mol. The van der Waals surface area contributed by atoms with E-state index in [4.69, 9.17) is 9.47 Å². The number of hydrogen-bond acceptors (Lipinski definition) is 4. The minimum atomic E-state index is 0. The van der Waals surface area contributed by atoms with Gasteiger partial charge in [0.05, 0.1) is 25.5 Å². The van der Waals surface area contributed by atoms with Gasteiger partial charge in [-0.15, -0.1) is 24.0 Å². The van der Waals surface area contributed by atoms with E-state index in [1.54, 1.807) is 20.4 Å². The molecule has 0 bridgehead atoms. The molecule has 0 aliphatic heterocycles. The lowest BCUT2D eigenvalue weighted by atomic mass is 10.2. The van der Waals surface area contributed by atoms with Crippen molar-refractivity contribution >= 4 is 29.9 Å². The van der Waals surface area contributed by atoms with Crippen LogP contribution < -0.4 is 20.1 Å². The van der Waals surface area contributed by atoms with Gasteiger partial charge in [-0.3, -0.25) is 9.67 Å². The Hall–Kier alpha value is -1.97. The lowest BCUT2D eigenvalue weighted by molar-refractivity contribution is 0.200. The summed E-state index contributed by atoms with van der Waals surface area (Å²) in [6, 6.07) is 8.05. The zero-order chi connectivity index (χ0) is 19.1. The van der Waals surface area contributed by atoms with E-state index in [1.165, 1.54) is 12.8 Å². The summed E-state index contributed by atoms with van der Waals surface area (Å²) in [6.45, 7) is 1.31. The first-order valence-electron chi connectivity index (χ1n) is 9.44. The fourth-order valence-corrected chi connectivity index (χ4v) is 3.26. The molecule has 1 fully saturated rings. The molecule has 0 atom stereocenters. The molecule has 2 aromatic rings. The van der Waals surface area contributed by atoms with Crippen LogP contribution in [0.4, 0.5) is 0 Å². The lowest BCUT2D eigenvalue weighted by Crippen LogP contribution is -2.36. The van der Waals surface area contributed by atoms with Crippen molar-refractivity contribution in [3.05, 3.63) is 41.7 Å². The van der Waals surface area contributed by atoms with Gasteiger partial charge < -0.3 is 20.1 Å². The van der Waals surface area contributed by atoms with Crippen LogP contribution >= 0.6 is 24.0 Å². The van der Waals surface area contributed by atoms with Gasteiger partial charge >= 0.3 is 0 Å². The van der Waals surface area contributed by atoms with Gasteiger partial charge in [0, 0.05) is 26.8 Å². The highest BCUT2D eigenvalue weighted by Crippen LogP contribution is 2.32. The summed E-state index contributed by atoms with van der Waals surface area (Å²) in [5.74, 6) is 2.34. The topological polar surface area (TPSA) is 72.7 Å². The van der Waals surface area contributed by atoms with Gasteiger partial charge in [-0.1, -0.05) is 6.07 Å². The second kappa shape index (κ2) is 11.1. The number of ether oxygens (including phenoxy) is 2. The summed E-state index contributed by atoms with van der Waals surface area (Å²) < 4.78 is 13.5. The first-order valence-corrected chi connectivity index (χ1v) is 9.44. The molecule has 0 radical (unpaired) electrons. The third kappa shape index (κ3) is 6.02. The maximum Gasteiger partial charge on any atom is 0.191 e. The second-order valence-electron chi connectivity index (χ2n) is 6.74. The van der Waals surface area contributed by atoms with E-state index in [0.29, 0.717) is 19.2 Å². The third-order valence-corrected chi connectivity index (χ3v) is 4.87. The van der Waals surface area contributed by atoms with Crippen molar-refractivity contribution in [3.8, 4) is 11.5 Å². The zero-order valence-electron chi connectivity index (χ0n) is 16.8. The van der Waals surface area contributed by atoms with E-state index in [9.17, 15) is 0 Å². The quantitative estimate of drug-likeness (QED) is 0.348. The number of guanidine groups is 1. The van der Waals surface area contributed by atoms with Crippen LogP contribution in [0.2, 0.25) is 0 Å². The van der Waals surface area contributed by atoms with Crippen molar-refractivity contribution in [1.82, 2.24) is 20.4 Å². The normalized spacial score (nSPS) is 14.5. The average Bonchev–Trinajstić information content (AvgIpc) is 3.34. The van der Waals surface area contributed by atoms with Gasteiger partial charge in [0.2, 0.25) is 0 Å². The molecule has 154 valence electrons. The number of aryl methyl sites for hydroxylation is 1. The number of benzene rings is 1. The Labute approximate surface area is 183 Å². The van der Waals surface area contributed by atoms with Crippen LogP contribution in [0.5, 0.6) is 11.5 Å². The molecule has 7 nitrogen and oxygen atoms in total. The largest absolute Gasteiger partial charge is 0.493 e. The van der Waals surface area contributed by atoms with Crippen LogP contribution in [0.25, 0.3) is 0 Å². The van der Waals surface area contributed by atoms with Gasteiger partial charge in [0.15, 0.2) is 17.5 Å². The Morgan fingerprint density at radius 3 is 2.57 bits per heavy atom. The van der Waals surface area contributed by atoms with Gasteiger partial charge in [0.25, 0.3) is 0 Å². The first-order chi connectivity index (χ1) is 13.2. The lowest BCUT2D eigenvalue weighted by Gasteiger charge is -2.17. The predicted octanol–water partition coefficient (Wildman–Crippen LogP) is 3.23. The molecular formula is C20H30IN5O2. The summed E-state index contributed by atoms with van der Waals surface area (Å²) in [7, 11) is 5.37. The maximum atomic E-state index is 6.17. The molecule has 0 amide bonds. The molecule has 1 aliphatic rings. The third-order valence-electron chi connectivity index (χ3n) is 4.87. The number of nitrogens with one attached hydrogen (secondary N) is 2. The number of hydrogen-bond donors (Lipinski definition) is 2.